The van der Waals surface area contributed by atoms with E-state index in [2.05, 4.69) is 10.2 Å². The Bertz CT molecular complexity index is 187. The molecule has 0 atom stereocenters. The Hall–Kier alpha value is -0.570. The molecule has 3 heteroatoms. The summed E-state index contributed by atoms with van der Waals surface area (Å²) in [5, 5.41) is 2.96. The summed E-state index contributed by atoms with van der Waals surface area (Å²) in [7, 11) is 0. The van der Waals surface area contributed by atoms with E-state index in [-0.39, 0.29) is 5.91 Å². The van der Waals surface area contributed by atoms with Crippen molar-refractivity contribution in [3.05, 3.63) is 0 Å². The van der Waals surface area contributed by atoms with Gasteiger partial charge in [-0.25, -0.2) is 0 Å². The van der Waals surface area contributed by atoms with E-state index >= 15 is 0 Å². The van der Waals surface area contributed by atoms with Gasteiger partial charge in [0.05, 0.1) is 0 Å². The van der Waals surface area contributed by atoms with Gasteiger partial charge in [0.25, 0.3) is 0 Å². The third-order valence-electron chi connectivity index (χ3n) is 3.41. The zero-order valence-corrected chi connectivity index (χ0v) is 8.80. The average Bonchev–Trinajstić information content (AvgIpc) is 2.63. The minimum Gasteiger partial charge on any atom is -0.355 e. The highest BCUT2D eigenvalue weighted by molar-refractivity contribution is 5.75. The van der Waals surface area contributed by atoms with Crippen LogP contribution in [0.5, 0.6) is 0 Å². The van der Waals surface area contributed by atoms with Crippen LogP contribution >= 0.6 is 0 Å². The number of nitrogens with zero attached hydrogens (tertiary/aromatic N) is 1. The summed E-state index contributed by atoms with van der Waals surface area (Å²) >= 11 is 0. The molecule has 14 heavy (non-hydrogen) atoms. The van der Waals surface area contributed by atoms with Crippen molar-refractivity contribution >= 4 is 5.91 Å². The molecule has 0 aromatic heterocycles. The zero-order valence-electron chi connectivity index (χ0n) is 8.80. The molecule has 1 heterocycles. The molecule has 1 aliphatic carbocycles. The van der Waals surface area contributed by atoms with Crippen LogP contribution < -0.4 is 5.32 Å². The van der Waals surface area contributed by atoms with E-state index in [4.69, 9.17) is 0 Å². The molecule has 1 saturated carbocycles. The van der Waals surface area contributed by atoms with Crippen molar-refractivity contribution < 1.29 is 4.79 Å². The first kappa shape index (κ1) is 9.97. The molecule has 0 radical (unpaired) electrons. The number of amides is 1. The maximum atomic E-state index is 11.1. The fourth-order valence-electron chi connectivity index (χ4n) is 2.62. The molecule has 1 amide bonds. The Balaban J connectivity index is 1.83. The van der Waals surface area contributed by atoms with E-state index in [9.17, 15) is 4.79 Å². The fourth-order valence-corrected chi connectivity index (χ4v) is 2.62. The maximum absolute atomic E-state index is 11.1. The van der Waals surface area contributed by atoms with Gasteiger partial charge < -0.3 is 5.32 Å². The largest absolute Gasteiger partial charge is 0.355 e. The first-order chi connectivity index (χ1) is 6.86. The third-order valence-corrected chi connectivity index (χ3v) is 3.41. The molecule has 1 aliphatic heterocycles. The fraction of sp³-hybridized carbons (Fsp3) is 0.909. The van der Waals surface area contributed by atoms with Crippen LogP contribution in [-0.2, 0) is 4.79 Å². The summed E-state index contributed by atoms with van der Waals surface area (Å²) in [5.41, 5.74) is 0. The molecule has 0 aromatic carbocycles. The van der Waals surface area contributed by atoms with E-state index in [1.165, 1.54) is 25.7 Å². The Morgan fingerprint density at radius 3 is 2.71 bits per heavy atom. The van der Waals surface area contributed by atoms with E-state index in [1.54, 1.807) is 0 Å². The van der Waals surface area contributed by atoms with Crippen molar-refractivity contribution in [3.63, 3.8) is 0 Å². The molecule has 0 unspecified atom stereocenters. The molecule has 1 saturated heterocycles. The molecular formula is C11H20N2O. The molecule has 0 spiro atoms. The second kappa shape index (κ2) is 4.78. The van der Waals surface area contributed by atoms with Crippen molar-refractivity contribution in [2.45, 2.75) is 44.6 Å². The molecule has 0 bridgehead atoms. The highest BCUT2D eigenvalue weighted by atomic mass is 16.1. The van der Waals surface area contributed by atoms with Crippen LogP contribution in [-0.4, -0.2) is 36.5 Å². The van der Waals surface area contributed by atoms with E-state index in [0.717, 1.165) is 32.1 Å². The Morgan fingerprint density at radius 1 is 1.14 bits per heavy atom. The molecule has 80 valence electrons. The molecule has 2 fully saturated rings. The van der Waals surface area contributed by atoms with Crippen LogP contribution in [0.2, 0.25) is 0 Å². The lowest BCUT2D eigenvalue weighted by Crippen LogP contribution is -2.42. The molecule has 2 rings (SSSR count). The first-order valence-electron chi connectivity index (χ1n) is 5.87. The standard InChI is InChI=1S/C11H20N2O/c14-11-6-3-8-13(9-7-12-11)10-4-1-2-5-10/h10H,1-9H2,(H,12,14). The lowest BCUT2D eigenvalue weighted by molar-refractivity contribution is -0.121. The summed E-state index contributed by atoms with van der Waals surface area (Å²) in [6.07, 6.45) is 7.27. The van der Waals surface area contributed by atoms with Crippen LogP contribution in [0.3, 0.4) is 0 Å². The highest BCUT2D eigenvalue weighted by Crippen LogP contribution is 2.23. The lowest BCUT2D eigenvalue weighted by Gasteiger charge is -2.30. The van der Waals surface area contributed by atoms with Gasteiger partial charge in [-0.15, -0.1) is 0 Å². The van der Waals surface area contributed by atoms with Crippen LogP contribution in [0.15, 0.2) is 0 Å². The van der Waals surface area contributed by atoms with Crippen molar-refractivity contribution in [2.75, 3.05) is 19.6 Å². The van der Waals surface area contributed by atoms with E-state index in [0.29, 0.717) is 6.42 Å². The molecule has 3 nitrogen and oxygen atoms in total. The second-order valence-electron chi connectivity index (χ2n) is 4.43. The predicted molar refractivity (Wildman–Crippen MR) is 56.1 cm³/mol. The van der Waals surface area contributed by atoms with Crippen LogP contribution in [0.1, 0.15) is 38.5 Å². The molecule has 0 aromatic rings. The van der Waals surface area contributed by atoms with Gasteiger partial charge in [-0.2, -0.15) is 0 Å². The Morgan fingerprint density at radius 2 is 1.93 bits per heavy atom. The van der Waals surface area contributed by atoms with Gasteiger partial charge >= 0.3 is 0 Å². The minimum atomic E-state index is 0.232. The monoisotopic (exact) mass is 196 g/mol. The Labute approximate surface area is 85.8 Å². The number of hydrogen-bond acceptors (Lipinski definition) is 2. The number of hydrogen-bond donors (Lipinski definition) is 1. The van der Waals surface area contributed by atoms with Gasteiger partial charge in [-0.1, -0.05) is 12.8 Å². The highest BCUT2D eigenvalue weighted by Gasteiger charge is 2.23. The third kappa shape index (κ3) is 2.47. The van der Waals surface area contributed by atoms with E-state index < -0.39 is 0 Å². The molecule has 1 N–H and O–H groups in total. The number of nitrogens with one attached hydrogen (secondary N) is 1. The van der Waals surface area contributed by atoms with E-state index in [1.807, 2.05) is 0 Å². The summed E-state index contributed by atoms with van der Waals surface area (Å²) in [6, 6.07) is 0.810. The zero-order chi connectivity index (χ0) is 9.80. The smallest absolute Gasteiger partial charge is 0.220 e. The average molecular weight is 196 g/mol. The van der Waals surface area contributed by atoms with Gasteiger partial charge in [0, 0.05) is 25.6 Å². The molecule has 2 aliphatic rings. The maximum Gasteiger partial charge on any atom is 0.220 e. The lowest BCUT2D eigenvalue weighted by atomic mass is 10.1. The van der Waals surface area contributed by atoms with Gasteiger partial charge in [0.1, 0.15) is 0 Å². The van der Waals surface area contributed by atoms with Crippen molar-refractivity contribution in [1.82, 2.24) is 10.2 Å². The van der Waals surface area contributed by atoms with Gasteiger partial charge in [-0.3, -0.25) is 9.69 Å². The summed E-state index contributed by atoms with van der Waals surface area (Å²) in [4.78, 5) is 13.7. The Kier molecular flexibility index (Phi) is 3.40. The van der Waals surface area contributed by atoms with Gasteiger partial charge in [0.15, 0.2) is 0 Å². The summed E-state index contributed by atoms with van der Waals surface area (Å²) < 4.78 is 0. The SMILES string of the molecule is O=C1CCCN(C2CCCC2)CCN1. The summed E-state index contributed by atoms with van der Waals surface area (Å²) in [6.45, 7) is 3.02. The topological polar surface area (TPSA) is 32.3 Å². The number of carbonyl (C=O) groups excluding carboxylic acids is 1. The van der Waals surface area contributed by atoms with Crippen LogP contribution in [0.25, 0.3) is 0 Å². The second-order valence-corrected chi connectivity index (χ2v) is 4.43. The quantitative estimate of drug-likeness (QED) is 0.682. The van der Waals surface area contributed by atoms with Crippen molar-refractivity contribution in [2.24, 2.45) is 0 Å². The first-order valence-corrected chi connectivity index (χ1v) is 5.87. The number of carbonyl (C=O) groups is 1. The van der Waals surface area contributed by atoms with Crippen LogP contribution in [0, 0.1) is 0 Å². The predicted octanol–water partition coefficient (Wildman–Crippen LogP) is 1.14. The normalized spacial score (nSPS) is 27.0. The van der Waals surface area contributed by atoms with Crippen molar-refractivity contribution in [3.8, 4) is 0 Å². The van der Waals surface area contributed by atoms with Crippen LogP contribution in [0.4, 0.5) is 0 Å². The number of rotatable bonds is 1. The molecular weight excluding hydrogens is 176 g/mol. The van der Waals surface area contributed by atoms with Crippen molar-refractivity contribution in [1.29, 1.82) is 0 Å². The van der Waals surface area contributed by atoms with Gasteiger partial charge in [0.2, 0.25) is 5.91 Å². The minimum absolute atomic E-state index is 0.232. The summed E-state index contributed by atoms with van der Waals surface area (Å²) in [5.74, 6) is 0.232. The van der Waals surface area contributed by atoms with Gasteiger partial charge in [-0.05, 0) is 25.8 Å².